The van der Waals surface area contributed by atoms with Crippen molar-refractivity contribution >= 4 is 46.5 Å². The average Bonchev–Trinajstić information content (AvgIpc) is 3.76. The molecule has 11 heteroatoms. The van der Waals surface area contributed by atoms with Gasteiger partial charge in [0.05, 0.1) is 22.5 Å². The summed E-state index contributed by atoms with van der Waals surface area (Å²) in [5.41, 5.74) is 1.38. The Morgan fingerprint density at radius 3 is 2.49 bits per heavy atom. The van der Waals surface area contributed by atoms with Crippen molar-refractivity contribution in [2.45, 2.75) is 41.9 Å². The van der Waals surface area contributed by atoms with Gasteiger partial charge in [-0.05, 0) is 85.4 Å². The maximum atomic E-state index is 13.9. The summed E-state index contributed by atoms with van der Waals surface area (Å²) < 4.78 is 19.6. The minimum Gasteiger partial charge on any atom is -0.484 e. The molecular formula is C32H30FN3O5S2. The number of anilines is 1. The Morgan fingerprint density at radius 2 is 1.72 bits per heavy atom. The number of fused-ring (bicyclic) bond motifs is 9. The van der Waals surface area contributed by atoms with Crippen LogP contribution in [-0.2, 0) is 14.4 Å². The molecule has 7 atom stereocenters. The molecule has 4 fully saturated rings. The zero-order valence-corrected chi connectivity index (χ0v) is 24.9. The number of aromatic nitrogens is 1. The normalized spacial score (nSPS) is 30.8. The van der Waals surface area contributed by atoms with Crippen LogP contribution in [0, 0.1) is 35.4 Å². The third-order valence-corrected chi connectivity index (χ3v) is 12.7. The van der Waals surface area contributed by atoms with Gasteiger partial charge in [0.15, 0.2) is 6.61 Å². The van der Waals surface area contributed by atoms with Gasteiger partial charge in [0.1, 0.15) is 11.6 Å². The van der Waals surface area contributed by atoms with E-state index in [0.717, 1.165) is 54.2 Å². The van der Waals surface area contributed by atoms with Crippen LogP contribution in [0.4, 0.5) is 10.1 Å². The average molecular weight is 620 g/mol. The molecular weight excluding hydrogens is 590 g/mol. The second-order valence-electron chi connectivity index (χ2n) is 12.3. The number of likely N-dealkylation sites (tertiary alicyclic amines) is 1. The topological polar surface area (TPSA) is 99.8 Å². The number of halogens is 1. The summed E-state index contributed by atoms with van der Waals surface area (Å²) in [6.07, 6.45) is 3.97. The first-order valence-electron chi connectivity index (χ1n) is 14.9. The van der Waals surface area contributed by atoms with E-state index in [1.807, 2.05) is 29.2 Å². The maximum Gasteiger partial charge on any atom is 0.305 e. The standard InChI is InChI=1S/C32H30FN3O5S2/c33-17-7-9-18(10-8-17)36-30(38)25-20-14-21(26(25)31(36)39)27-24(20)23(28-29(42-27)34-32(40)43-28)16-5-4-6-19(13-16)41-15-22(37)35-11-2-1-3-12-35/h4-10,13,20-21,23-27H,1-3,11-12,14-15H2,(H,34,40)/t20-,21-,23-,24?,25?,26?,27?/m1/s1. The number of imide groups is 1. The van der Waals surface area contributed by atoms with Gasteiger partial charge in [-0.2, -0.15) is 0 Å². The molecule has 2 saturated carbocycles. The number of carbonyl (C=O) groups excluding carboxylic acids is 3. The third-order valence-electron chi connectivity index (χ3n) is 10.1. The maximum absolute atomic E-state index is 13.9. The molecule has 2 saturated heterocycles. The molecule has 8 rings (SSSR count). The summed E-state index contributed by atoms with van der Waals surface area (Å²) in [4.78, 5) is 59.9. The number of amides is 3. The molecule has 2 aliphatic carbocycles. The molecule has 4 heterocycles. The number of hydrogen-bond acceptors (Lipinski definition) is 7. The number of rotatable bonds is 5. The van der Waals surface area contributed by atoms with Crippen LogP contribution in [0.25, 0.3) is 0 Å². The summed E-state index contributed by atoms with van der Waals surface area (Å²) >= 11 is 2.84. The van der Waals surface area contributed by atoms with Crippen LogP contribution < -0.4 is 14.5 Å². The van der Waals surface area contributed by atoms with Crippen LogP contribution in [0.5, 0.6) is 5.75 Å². The second-order valence-corrected chi connectivity index (χ2v) is 14.5. The molecule has 0 spiro atoms. The van der Waals surface area contributed by atoms with Gasteiger partial charge < -0.3 is 14.6 Å². The Hall–Kier alpha value is -3.44. The predicted octanol–water partition coefficient (Wildman–Crippen LogP) is 4.64. The van der Waals surface area contributed by atoms with Gasteiger partial charge in [0.25, 0.3) is 5.91 Å². The van der Waals surface area contributed by atoms with Gasteiger partial charge in [-0.15, -0.1) is 11.8 Å². The van der Waals surface area contributed by atoms with Crippen LogP contribution in [0.2, 0.25) is 0 Å². The monoisotopic (exact) mass is 619 g/mol. The molecule has 3 aliphatic heterocycles. The van der Waals surface area contributed by atoms with Crippen molar-refractivity contribution in [3.8, 4) is 5.75 Å². The first-order chi connectivity index (χ1) is 20.9. The van der Waals surface area contributed by atoms with Crippen LogP contribution >= 0.6 is 23.1 Å². The number of nitrogens with one attached hydrogen (secondary N) is 1. The SMILES string of the molecule is O=C(COc1cccc([C@H]2c3sc(=O)[nH]c3SC3C2[C@H]2C[C@@H]3C3C(=O)N(c4ccc(F)cc4)C(=O)C32)c1)N1CCCCC1. The largest absolute Gasteiger partial charge is 0.484 e. The van der Waals surface area contributed by atoms with Crippen LogP contribution in [0.15, 0.2) is 58.4 Å². The van der Waals surface area contributed by atoms with E-state index in [-0.39, 0.29) is 58.1 Å². The highest BCUT2D eigenvalue weighted by Crippen LogP contribution is 2.68. The van der Waals surface area contributed by atoms with E-state index < -0.39 is 17.7 Å². The Kier molecular flexibility index (Phi) is 6.52. The van der Waals surface area contributed by atoms with Crippen LogP contribution in [-0.4, -0.2) is 52.6 Å². The molecule has 3 amide bonds. The molecule has 4 unspecified atom stereocenters. The number of thioether (sulfide) groups is 1. The van der Waals surface area contributed by atoms with Crippen molar-refractivity contribution in [1.82, 2.24) is 9.88 Å². The lowest BCUT2D eigenvalue weighted by Gasteiger charge is -2.43. The fraction of sp³-hybridized carbons (Fsp3) is 0.438. The van der Waals surface area contributed by atoms with Crippen LogP contribution in [0.1, 0.15) is 42.0 Å². The lowest BCUT2D eigenvalue weighted by atomic mass is 9.68. The van der Waals surface area contributed by atoms with E-state index in [1.54, 1.807) is 11.8 Å². The van der Waals surface area contributed by atoms with Crippen molar-refractivity contribution < 1.29 is 23.5 Å². The van der Waals surface area contributed by atoms with Gasteiger partial charge in [0.2, 0.25) is 11.8 Å². The lowest BCUT2D eigenvalue weighted by Crippen LogP contribution is -2.42. The number of carbonyl (C=O) groups is 3. The molecule has 8 nitrogen and oxygen atoms in total. The first-order valence-corrected chi connectivity index (χ1v) is 16.6. The summed E-state index contributed by atoms with van der Waals surface area (Å²) in [7, 11) is 0. The molecule has 3 aromatic rings. The second kappa shape index (κ2) is 10.3. The quantitative estimate of drug-likeness (QED) is 0.418. The van der Waals surface area contributed by atoms with Crippen molar-refractivity contribution in [2.24, 2.45) is 29.6 Å². The van der Waals surface area contributed by atoms with E-state index in [1.165, 1.54) is 40.5 Å². The van der Waals surface area contributed by atoms with Gasteiger partial charge in [-0.1, -0.05) is 23.5 Å². The highest BCUT2D eigenvalue weighted by molar-refractivity contribution is 8.00. The van der Waals surface area contributed by atoms with E-state index in [0.29, 0.717) is 11.4 Å². The first kappa shape index (κ1) is 27.1. The Labute approximate surface area is 255 Å². The van der Waals surface area contributed by atoms with E-state index in [2.05, 4.69) is 4.98 Å². The predicted molar refractivity (Wildman–Crippen MR) is 160 cm³/mol. The number of nitrogens with zero attached hydrogens (tertiary/aromatic N) is 2. The van der Waals surface area contributed by atoms with Crippen molar-refractivity contribution in [2.75, 3.05) is 24.6 Å². The third kappa shape index (κ3) is 4.29. The number of piperidine rings is 1. The van der Waals surface area contributed by atoms with Crippen LogP contribution in [0.3, 0.4) is 0 Å². The summed E-state index contributed by atoms with van der Waals surface area (Å²) in [6, 6.07) is 13.3. The fourth-order valence-corrected chi connectivity index (χ4v) is 11.3. The smallest absolute Gasteiger partial charge is 0.305 e. The van der Waals surface area contributed by atoms with E-state index >= 15 is 0 Å². The zero-order valence-electron chi connectivity index (χ0n) is 23.2. The van der Waals surface area contributed by atoms with Gasteiger partial charge in [0, 0.05) is 29.1 Å². The zero-order chi connectivity index (χ0) is 29.4. The van der Waals surface area contributed by atoms with Crippen molar-refractivity contribution in [3.63, 3.8) is 0 Å². The summed E-state index contributed by atoms with van der Waals surface area (Å²) in [5.74, 6) is -1.25. The number of thiazole rings is 1. The number of ether oxygens (including phenoxy) is 1. The molecule has 5 aliphatic rings. The summed E-state index contributed by atoms with van der Waals surface area (Å²) in [5, 5.41) is 0.897. The molecule has 2 aromatic carbocycles. The minimum absolute atomic E-state index is 0.00690. The lowest BCUT2D eigenvalue weighted by molar-refractivity contribution is -0.134. The number of benzene rings is 2. The molecule has 222 valence electrons. The highest BCUT2D eigenvalue weighted by atomic mass is 32.2. The fourth-order valence-electron chi connectivity index (χ4n) is 8.41. The van der Waals surface area contributed by atoms with E-state index in [9.17, 15) is 23.6 Å². The Balaban J connectivity index is 1.11. The van der Waals surface area contributed by atoms with Gasteiger partial charge >= 0.3 is 4.87 Å². The number of hydrogen-bond donors (Lipinski definition) is 1. The summed E-state index contributed by atoms with van der Waals surface area (Å²) in [6.45, 7) is 1.51. The molecule has 1 N–H and O–H groups in total. The van der Waals surface area contributed by atoms with Crippen molar-refractivity contribution in [1.29, 1.82) is 0 Å². The molecule has 2 bridgehead atoms. The Morgan fingerprint density at radius 1 is 0.977 bits per heavy atom. The van der Waals surface area contributed by atoms with Gasteiger partial charge in [-0.25, -0.2) is 4.39 Å². The molecule has 0 radical (unpaired) electrons. The molecule has 43 heavy (non-hydrogen) atoms. The number of aromatic amines is 1. The number of H-pyrrole nitrogens is 1. The van der Waals surface area contributed by atoms with Crippen molar-refractivity contribution in [3.05, 3.63) is 74.5 Å². The van der Waals surface area contributed by atoms with Gasteiger partial charge in [-0.3, -0.25) is 24.1 Å². The molecule has 1 aromatic heterocycles. The highest BCUT2D eigenvalue weighted by Gasteiger charge is 2.69. The Bertz CT molecular complexity index is 1680. The van der Waals surface area contributed by atoms with E-state index in [4.69, 9.17) is 4.74 Å². The minimum atomic E-state index is -0.439.